The van der Waals surface area contributed by atoms with Crippen LogP contribution in [-0.4, -0.2) is 87.6 Å². The zero-order valence-corrected chi connectivity index (χ0v) is 19.9. The highest BCUT2D eigenvalue weighted by molar-refractivity contribution is 7.89. The van der Waals surface area contributed by atoms with E-state index in [9.17, 15) is 13.2 Å². The molecule has 2 heterocycles. The molecule has 1 aromatic carbocycles. The summed E-state index contributed by atoms with van der Waals surface area (Å²) in [6, 6.07) is 5.65. The van der Waals surface area contributed by atoms with Crippen molar-refractivity contribution in [1.82, 2.24) is 19.3 Å². The molecule has 1 aliphatic rings. The minimum atomic E-state index is -3.70. The molecule has 0 spiro atoms. The van der Waals surface area contributed by atoms with Crippen LogP contribution in [0.1, 0.15) is 17.0 Å². The van der Waals surface area contributed by atoms with Crippen molar-refractivity contribution < 1.29 is 27.2 Å². The maximum atomic E-state index is 12.9. The summed E-state index contributed by atoms with van der Waals surface area (Å²) in [5.41, 5.74) is 1.34. The van der Waals surface area contributed by atoms with Gasteiger partial charge in [0.2, 0.25) is 15.9 Å². The van der Waals surface area contributed by atoms with E-state index in [-0.39, 0.29) is 36.2 Å². The fourth-order valence-electron chi connectivity index (χ4n) is 3.83. The predicted octanol–water partition coefficient (Wildman–Crippen LogP) is 1.27. The number of rotatable bonds is 8. The van der Waals surface area contributed by atoms with Gasteiger partial charge in [-0.2, -0.15) is 4.31 Å². The lowest BCUT2D eigenvalue weighted by Crippen LogP contribution is -2.52. The van der Waals surface area contributed by atoms with Gasteiger partial charge in [-0.3, -0.25) is 9.69 Å². The van der Waals surface area contributed by atoms with Gasteiger partial charge in [0.25, 0.3) is 0 Å². The number of carbonyl (C=O) groups excluding carboxylic acids is 1. The number of hydrogen-bond donors (Lipinski definition) is 0. The second-order valence-electron chi connectivity index (χ2n) is 7.80. The molecule has 1 aromatic heterocycles. The van der Waals surface area contributed by atoms with Crippen molar-refractivity contribution in [1.29, 1.82) is 0 Å². The number of sulfonamides is 1. The molecule has 1 aliphatic heterocycles. The van der Waals surface area contributed by atoms with E-state index >= 15 is 0 Å². The van der Waals surface area contributed by atoms with Crippen molar-refractivity contribution in [3.63, 3.8) is 0 Å². The third-order valence-corrected chi connectivity index (χ3v) is 7.61. The van der Waals surface area contributed by atoms with Crippen molar-refractivity contribution in [3.05, 3.63) is 35.2 Å². The molecule has 3 rings (SSSR count). The first-order valence-corrected chi connectivity index (χ1v) is 11.7. The van der Waals surface area contributed by atoms with E-state index in [1.807, 2.05) is 30.1 Å². The van der Waals surface area contributed by atoms with Crippen molar-refractivity contribution >= 4 is 15.9 Å². The van der Waals surface area contributed by atoms with Crippen LogP contribution >= 0.6 is 0 Å². The van der Waals surface area contributed by atoms with Gasteiger partial charge in [-0.05, 0) is 38.6 Å². The van der Waals surface area contributed by atoms with Gasteiger partial charge in [0.15, 0.2) is 17.3 Å². The maximum absolute atomic E-state index is 12.9. The number of hydrogen-bond acceptors (Lipinski definition) is 8. The van der Waals surface area contributed by atoms with Gasteiger partial charge in [-0.1, -0.05) is 11.2 Å². The highest BCUT2D eigenvalue weighted by Crippen LogP contribution is 2.28. The van der Waals surface area contributed by atoms with Crippen LogP contribution in [0.2, 0.25) is 0 Å². The Hall–Kier alpha value is -2.63. The molecule has 0 unspecified atom stereocenters. The summed E-state index contributed by atoms with van der Waals surface area (Å²) < 4.78 is 42.9. The SMILES string of the molecule is COc1ccc(CN(C)CC(=O)N2CCN(S(=O)(=O)c3c(C)noc3C)CC2)cc1OC. The zero-order chi connectivity index (χ0) is 23.5. The first-order valence-electron chi connectivity index (χ1n) is 10.3. The fraction of sp³-hybridized carbons (Fsp3) is 0.524. The lowest BCUT2D eigenvalue weighted by molar-refractivity contribution is -0.133. The summed E-state index contributed by atoms with van der Waals surface area (Å²) in [6.45, 7) is 5.13. The Morgan fingerprint density at radius 1 is 1.12 bits per heavy atom. The molecule has 2 aromatic rings. The minimum absolute atomic E-state index is 0.0395. The van der Waals surface area contributed by atoms with Gasteiger partial charge in [0.05, 0.1) is 20.8 Å². The van der Waals surface area contributed by atoms with Gasteiger partial charge in [0, 0.05) is 32.7 Å². The van der Waals surface area contributed by atoms with Crippen LogP contribution in [0.5, 0.6) is 11.5 Å². The number of amides is 1. The van der Waals surface area contributed by atoms with E-state index < -0.39 is 10.0 Å². The second-order valence-corrected chi connectivity index (χ2v) is 9.67. The number of nitrogens with zero attached hydrogens (tertiary/aromatic N) is 4. The molecular formula is C21H30N4O6S. The predicted molar refractivity (Wildman–Crippen MR) is 117 cm³/mol. The number of aromatic nitrogens is 1. The average Bonchev–Trinajstić information content (AvgIpc) is 3.12. The van der Waals surface area contributed by atoms with Gasteiger partial charge >= 0.3 is 0 Å². The highest BCUT2D eigenvalue weighted by atomic mass is 32.2. The topological polar surface area (TPSA) is 105 Å². The van der Waals surface area contributed by atoms with Crippen LogP contribution in [0.4, 0.5) is 0 Å². The van der Waals surface area contributed by atoms with Gasteiger partial charge < -0.3 is 18.9 Å². The van der Waals surface area contributed by atoms with Crippen molar-refractivity contribution in [2.45, 2.75) is 25.3 Å². The Balaban J connectivity index is 1.55. The number of carbonyl (C=O) groups is 1. The fourth-order valence-corrected chi connectivity index (χ4v) is 5.54. The van der Waals surface area contributed by atoms with Crippen molar-refractivity contribution in [2.75, 3.05) is 54.0 Å². The molecule has 11 heteroatoms. The van der Waals surface area contributed by atoms with E-state index in [2.05, 4.69) is 5.16 Å². The molecule has 176 valence electrons. The molecule has 0 atom stereocenters. The van der Waals surface area contributed by atoms with Crippen LogP contribution in [-0.2, 0) is 21.4 Å². The Kier molecular flexibility index (Phi) is 7.42. The number of methoxy groups -OCH3 is 2. The molecular weight excluding hydrogens is 436 g/mol. The third kappa shape index (κ3) is 5.05. The second kappa shape index (κ2) is 9.88. The van der Waals surface area contributed by atoms with Crippen LogP contribution in [0.15, 0.2) is 27.6 Å². The summed E-state index contributed by atoms with van der Waals surface area (Å²) in [7, 11) is 1.34. The Morgan fingerprint density at radius 3 is 2.34 bits per heavy atom. The average molecular weight is 467 g/mol. The van der Waals surface area contributed by atoms with E-state index in [0.29, 0.717) is 36.8 Å². The monoisotopic (exact) mass is 466 g/mol. The number of piperazine rings is 1. The summed E-state index contributed by atoms with van der Waals surface area (Å²) in [6.07, 6.45) is 0. The lowest BCUT2D eigenvalue weighted by Gasteiger charge is -2.34. The molecule has 0 radical (unpaired) electrons. The maximum Gasteiger partial charge on any atom is 0.248 e. The molecule has 0 aliphatic carbocycles. The first-order chi connectivity index (χ1) is 15.2. The summed E-state index contributed by atoms with van der Waals surface area (Å²) in [5.74, 6) is 1.53. The number of aryl methyl sites for hydroxylation is 2. The number of ether oxygens (including phenoxy) is 2. The quantitative estimate of drug-likeness (QED) is 0.573. The molecule has 0 saturated carbocycles. The van der Waals surface area contributed by atoms with E-state index in [4.69, 9.17) is 14.0 Å². The molecule has 0 bridgehead atoms. The zero-order valence-electron chi connectivity index (χ0n) is 19.1. The van der Waals surface area contributed by atoms with E-state index in [1.54, 1.807) is 33.0 Å². The molecule has 1 fully saturated rings. The Bertz CT molecular complexity index is 1040. The minimum Gasteiger partial charge on any atom is -0.493 e. The molecule has 1 saturated heterocycles. The smallest absolute Gasteiger partial charge is 0.248 e. The molecule has 1 amide bonds. The Morgan fingerprint density at radius 2 is 1.78 bits per heavy atom. The summed E-state index contributed by atoms with van der Waals surface area (Å²) in [5, 5.41) is 3.74. The van der Waals surface area contributed by atoms with Crippen LogP contribution in [0, 0.1) is 13.8 Å². The van der Waals surface area contributed by atoms with E-state index in [0.717, 1.165) is 5.56 Å². The number of likely N-dealkylation sites (N-methyl/N-ethyl adjacent to an activating group) is 1. The molecule has 0 N–H and O–H groups in total. The largest absolute Gasteiger partial charge is 0.493 e. The van der Waals surface area contributed by atoms with E-state index in [1.165, 1.54) is 4.31 Å². The third-order valence-electron chi connectivity index (χ3n) is 5.46. The normalized spacial score (nSPS) is 15.2. The van der Waals surface area contributed by atoms with Crippen LogP contribution in [0.25, 0.3) is 0 Å². The van der Waals surface area contributed by atoms with Gasteiger partial charge in [-0.25, -0.2) is 8.42 Å². The molecule has 32 heavy (non-hydrogen) atoms. The molecule has 10 nitrogen and oxygen atoms in total. The Labute approximate surface area is 188 Å². The van der Waals surface area contributed by atoms with Crippen LogP contribution < -0.4 is 9.47 Å². The van der Waals surface area contributed by atoms with Crippen molar-refractivity contribution in [3.8, 4) is 11.5 Å². The van der Waals surface area contributed by atoms with Crippen molar-refractivity contribution in [2.24, 2.45) is 0 Å². The van der Waals surface area contributed by atoms with Gasteiger partial charge in [-0.15, -0.1) is 0 Å². The lowest BCUT2D eigenvalue weighted by atomic mass is 10.2. The highest BCUT2D eigenvalue weighted by Gasteiger charge is 2.34. The summed E-state index contributed by atoms with van der Waals surface area (Å²) in [4.78, 5) is 16.5. The first kappa shape index (κ1) is 24.0. The summed E-state index contributed by atoms with van der Waals surface area (Å²) >= 11 is 0. The van der Waals surface area contributed by atoms with Gasteiger partial charge in [0.1, 0.15) is 10.6 Å². The standard InChI is InChI=1S/C21H30N4O6S/c1-15-21(16(2)31-22-15)32(27,28)25-10-8-24(9-11-25)20(26)14-23(3)13-17-6-7-18(29-4)19(12-17)30-5/h6-7,12H,8-11,13-14H2,1-5H3. The van der Waals surface area contributed by atoms with Crippen LogP contribution in [0.3, 0.4) is 0 Å². The number of benzene rings is 1.